The predicted molar refractivity (Wildman–Crippen MR) is 72.1 cm³/mol. The van der Waals surface area contributed by atoms with Crippen LogP contribution in [-0.4, -0.2) is 31.1 Å². The van der Waals surface area contributed by atoms with Gasteiger partial charge in [0.2, 0.25) is 0 Å². The lowest BCUT2D eigenvalue weighted by Gasteiger charge is -2.08. The first-order valence-electron chi connectivity index (χ1n) is 5.78. The topological polar surface area (TPSA) is 96.5 Å². The first-order chi connectivity index (χ1) is 9.52. The van der Waals surface area contributed by atoms with Crippen molar-refractivity contribution in [1.29, 1.82) is 0 Å². The maximum atomic E-state index is 11.6. The number of rotatable bonds is 4. The van der Waals surface area contributed by atoms with Crippen LogP contribution in [0, 0.1) is 0 Å². The van der Waals surface area contributed by atoms with Gasteiger partial charge in [-0.05, 0) is 25.1 Å². The Kier molecular flexibility index (Phi) is 6.31. The number of halogens is 1. The first kappa shape index (κ1) is 15.8. The van der Waals surface area contributed by atoms with Gasteiger partial charge in [-0.25, -0.2) is 10.2 Å². The van der Waals surface area contributed by atoms with Crippen LogP contribution >= 0.6 is 11.6 Å². The number of carbonyl (C=O) groups is 3. The molecule has 0 unspecified atom stereocenters. The Morgan fingerprint density at radius 1 is 1.25 bits per heavy atom. The number of hydrogen-bond acceptors (Lipinski definition) is 4. The van der Waals surface area contributed by atoms with Crippen molar-refractivity contribution >= 4 is 29.5 Å². The molecule has 0 spiro atoms. The van der Waals surface area contributed by atoms with Gasteiger partial charge >= 0.3 is 12.0 Å². The fourth-order valence-corrected chi connectivity index (χ4v) is 1.41. The van der Waals surface area contributed by atoms with Crippen LogP contribution in [0.5, 0.6) is 0 Å². The molecule has 7 nitrogen and oxygen atoms in total. The number of carbonyl (C=O) groups excluding carboxylic acids is 3. The number of benzene rings is 1. The van der Waals surface area contributed by atoms with Crippen molar-refractivity contribution in [3.63, 3.8) is 0 Å². The Morgan fingerprint density at radius 2 is 2.00 bits per heavy atom. The molecule has 0 heterocycles. The van der Waals surface area contributed by atoms with E-state index in [4.69, 9.17) is 11.6 Å². The van der Waals surface area contributed by atoms with Crippen molar-refractivity contribution in [3.8, 4) is 0 Å². The summed E-state index contributed by atoms with van der Waals surface area (Å²) in [6.45, 7) is 1.60. The van der Waals surface area contributed by atoms with E-state index >= 15 is 0 Å². The molecule has 1 rings (SSSR count). The van der Waals surface area contributed by atoms with Crippen molar-refractivity contribution < 1.29 is 19.1 Å². The van der Waals surface area contributed by atoms with Crippen LogP contribution in [0.3, 0.4) is 0 Å². The van der Waals surface area contributed by atoms with Gasteiger partial charge in [-0.1, -0.05) is 17.7 Å². The SMILES string of the molecule is CCOC(=O)CNC(=O)NNC(=O)c1cccc(Cl)c1. The van der Waals surface area contributed by atoms with Gasteiger partial charge in [-0.15, -0.1) is 0 Å². The van der Waals surface area contributed by atoms with Gasteiger partial charge in [0.15, 0.2) is 0 Å². The van der Waals surface area contributed by atoms with E-state index in [9.17, 15) is 14.4 Å². The second-order valence-electron chi connectivity index (χ2n) is 3.58. The fraction of sp³-hybridized carbons (Fsp3) is 0.250. The third-order valence-corrected chi connectivity index (χ3v) is 2.31. The van der Waals surface area contributed by atoms with Crippen LogP contribution < -0.4 is 16.2 Å². The number of hydrogen-bond donors (Lipinski definition) is 3. The fourth-order valence-electron chi connectivity index (χ4n) is 1.22. The minimum absolute atomic E-state index is 0.230. The molecule has 108 valence electrons. The van der Waals surface area contributed by atoms with Crippen molar-refractivity contribution in [1.82, 2.24) is 16.2 Å². The quantitative estimate of drug-likeness (QED) is 0.567. The van der Waals surface area contributed by atoms with Gasteiger partial charge < -0.3 is 10.1 Å². The van der Waals surface area contributed by atoms with Crippen LogP contribution in [0.25, 0.3) is 0 Å². The summed E-state index contributed by atoms with van der Waals surface area (Å²) >= 11 is 5.73. The number of urea groups is 1. The zero-order valence-electron chi connectivity index (χ0n) is 10.7. The summed E-state index contributed by atoms with van der Waals surface area (Å²) < 4.78 is 4.62. The Bertz CT molecular complexity index is 507. The smallest absolute Gasteiger partial charge is 0.333 e. The van der Waals surface area contributed by atoms with Crippen LogP contribution in [-0.2, 0) is 9.53 Å². The number of nitrogens with one attached hydrogen (secondary N) is 3. The zero-order chi connectivity index (χ0) is 15.0. The van der Waals surface area contributed by atoms with Crippen molar-refractivity contribution in [3.05, 3.63) is 34.9 Å². The molecular formula is C12H14ClN3O4. The molecule has 0 aliphatic heterocycles. The molecule has 0 aliphatic carbocycles. The number of ether oxygens (including phenoxy) is 1. The van der Waals surface area contributed by atoms with E-state index in [1.807, 2.05) is 0 Å². The molecule has 0 bridgehead atoms. The minimum atomic E-state index is -0.728. The molecule has 1 aromatic rings. The Balaban J connectivity index is 2.34. The zero-order valence-corrected chi connectivity index (χ0v) is 11.5. The van der Waals surface area contributed by atoms with Gasteiger partial charge in [-0.3, -0.25) is 15.0 Å². The molecule has 0 atom stereocenters. The van der Waals surface area contributed by atoms with Crippen molar-refractivity contribution in [2.45, 2.75) is 6.92 Å². The number of hydrazine groups is 1. The summed E-state index contributed by atoms with van der Waals surface area (Å²) in [5.74, 6) is -1.09. The third kappa shape index (κ3) is 5.57. The molecule has 1 aromatic carbocycles. The molecule has 0 saturated carbocycles. The molecule has 0 fully saturated rings. The largest absolute Gasteiger partial charge is 0.465 e. The van der Waals surface area contributed by atoms with E-state index < -0.39 is 17.9 Å². The van der Waals surface area contributed by atoms with Gasteiger partial charge in [0, 0.05) is 10.6 Å². The molecule has 0 aliphatic rings. The lowest BCUT2D eigenvalue weighted by molar-refractivity contribution is -0.141. The number of esters is 1. The average Bonchev–Trinajstić information content (AvgIpc) is 2.43. The van der Waals surface area contributed by atoms with Crippen LogP contribution in [0.1, 0.15) is 17.3 Å². The summed E-state index contributed by atoms with van der Waals surface area (Å²) in [5, 5.41) is 2.63. The summed E-state index contributed by atoms with van der Waals surface area (Å²) in [6, 6.07) is 5.50. The maximum absolute atomic E-state index is 11.6. The Hall–Kier alpha value is -2.28. The molecule has 0 saturated heterocycles. The highest BCUT2D eigenvalue weighted by atomic mass is 35.5. The third-order valence-electron chi connectivity index (χ3n) is 2.07. The first-order valence-corrected chi connectivity index (χ1v) is 6.16. The lowest BCUT2D eigenvalue weighted by Crippen LogP contribution is -2.48. The maximum Gasteiger partial charge on any atom is 0.333 e. The standard InChI is InChI=1S/C12H14ClN3O4/c1-2-20-10(17)7-14-12(19)16-15-11(18)8-4-3-5-9(13)6-8/h3-6H,2,7H2,1H3,(H,15,18)(H2,14,16,19). The summed E-state index contributed by atoms with van der Waals surface area (Å²) in [4.78, 5) is 33.9. The monoisotopic (exact) mass is 299 g/mol. The predicted octanol–water partition coefficient (Wildman–Crippen LogP) is 0.847. The van der Waals surface area contributed by atoms with Gasteiger partial charge in [-0.2, -0.15) is 0 Å². The molecule has 8 heteroatoms. The van der Waals surface area contributed by atoms with Crippen molar-refractivity contribution in [2.24, 2.45) is 0 Å². The highest BCUT2D eigenvalue weighted by Crippen LogP contribution is 2.09. The van der Waals surface area contributed by atoms with E-state index in [1.54, 1.807) is 25.1 Å². The average molecular weight is 300 g/mol. The highest BCUT2D eigenvalue weighted by molar-refractivity contribution is 6.30. The van der Waals surface area contributed by atoms with Crippen LogP contribution in [0.2, 0.25) is 5.02 Å². The van der Waals surface area contributed by atoms with E-state index in [2.05, 4.69) is 20.9 Å². The van der Waals surface area contributed by atoms with E-state index in [0.717, 1.165) is 0 Å². The second-order valence-corrected chi connectivity index (χ2v) is 4.01. The Labute approximate surface area is 120 Å². The highest BCUT2D eigenvalue weighted by Gasteiger charge is 2.08. The molecule has 3 amide bonds. The van der Waals surface area contributed by atoms with Gasteiger partial charge in [0.1, 0.15) is 6.54 Å². The Morgan fingerprint density at radius 3 is 2.65 bits per heavy atom. The van der Waals surface area contributed by atoms with Gasteiger partial charge in [0.25, 0.3) is 5.91 Å². The lowest BCUT2D eigenvalue weighted by atomic mass is 10.2. The second kappa shape index (κ2) is 8.00. The van der Waals surface area contributed by atoms with Gasteiger partial charge in [0.05, 0.1) is 6.61 Å². The molecular weight excluding hydrogens is 286 g/mol. The normalized spacial score (nSPS) is 9.50. The van der Waals surface area contributed by atoms with Crippen LogP contribution in [0.15, 0.2) is 24.3 Å². The molecule has 3 N–H and O–H groups in total. The van der Waals surface area contributed by atoms with Crippen molar-refractivity contribution in [2.75, 3.05) is 13.2 Å². The van der Waals surface area contributed by atoms with Crippen LogP contribution in [0.4, 0.5) is 4.79 Å². The molecule has 0 aromatic heterocycles. The van der Waals surface area contributed by atoms with E-state index in [0.29, 0.717) is 10.6 Å². The molecule has 0 radical (unpaired) electrons. The van der Waals surface area contributed by atoms with E-state index in [1.165, 1.54) is 6.07 Å². The molecule has 20 heavy (non-hydrogen) atoms. The van der Waals surface area contributed by atoms with E-state index in [-0.39, 0.29) is 13.2 Å². The summed E-state index contributed by atoms with van der Waals surface area (Å²) in [7, 11) is 0. The minimum Gasteiger partial charge on any atom is -0.465 e. The summed E-state index contributed by atoms with van der Waals surface area (Å²) in [5.41, 5.74) is 4.56. The summed E-state index contributed by atoms with van der Waals surface area (Å²) in [6.07, 6.45) is 0. The number of amides is 3.